The minimum atomic E-state index is -1.04. The number of hydrogen-bond donors (Lipinski definition) is 0. The lowest BCUT2D eigenvalue weighted by Gasteiger charge is -2.29. The number of carbonyl (C=O) groups excluding carboxylic acids is 1. The van der Waals surface area contributed by atoms with Gasteiger partial charge in [-0.05, 0) is 12.5 Å². The summed E-state index contributed by atoms with van der Waals surface area (Å²) in [6, 6.07) is 3.35. The Morgan fingerprint density at radius 1 is 1.48 bits per heavy atom. The third-order valence-electron chi connectivity index (χ3n) is 3.66. The molecule has 0 spiro atoms. The van der Waals surface area contributed by atoms with Crippen LogP contribution in [-0.2, 0) is 21.7 Å². The summed E-state index contributed by atoms with van der Waals surface area (Å²) in [4.78, 5) is 14.8. The lowest BCUT2D eigenvalue weighted by Crippen LogP contribution is -2.32. The standard InChI is InChI=1S/C14H13F2N3O2/c15-11-1-2-12(13(16)3-11)14(4-10(5-20)6-21-14)7-19-9-17-8-18-19/h1-3,5,8-10H,4,6-7H2/t10-,14+/m1/s1. The van der Waals surface area contributed by atoms with Gasteiger partial charge >= 0.3 is 0 Å². The molecule has 7 heteroatoms. The lowest BCUT2D eigenvalue weighted by atomic mass is 9.87. The highest BCUT2D eigenvalue weighted by Crippen LogP contribution is 2.41. The maximum absolute atomic E-state index is 14.2. The summed E-state index contributed by atoms with van der Waals surface area (Å²) in [5.74, 6) is -1.67. The van der Waals surface area contributed by atoms with Gasteiger partial charge in [-0.1, -0.05) is 6.07 Å². The van der Waals surface area contributed by atoms with Gasteiger partial charge in [0.05, 0.1) is 13.2 Å². The molecule has 5 nitrogen and oxygen atoms in total. The maximum Gasteiger partial charge on any atom is 0.137 e. The molecule has 0 saturated carbocycles. The summed E-state index contributed by atoms with van der Waals surface area (Å²) in [6.45, 7) is 0.412. The van der Waals surface area contributed by atoms with Gasteiger partial charge in [0.2, 0.25) is 0 Å². The zero-order valence-corrected chi connectivity index (χ0v) is 11.1. The number of nitrogens with zero attached hydrogens (tertiary/aromatic N) is 3. The molecule has 2 aromatic rings. The highest BCUT2D eigenvalue weighted by molar-refractivity contribution is 5.55. The number of benzene rings is 1. The normalized spacial score (nSPS) is 25.1. The van der Waals surface area contributed by atoms with E-state index in [0.717, 1.165) is 12.4 Å². The molecular formula is C14H13F2N3O2. The van der Waals surface area contributed by atoms with Gasteiger partial charge in [-0.2, -0.15) is 5.10 Å². The molecule has 0 bridgehead atoms. The van der Waals surface area contributed by atoms with E-state index in [0.29, 0.717) is 6.42 Å². The second-order valence-corrected chi connectivity index (χ2v) is 5.12. The fourth-order valence-electron chi connectivity index (χ4n) is 2.71. The molecule has 0 unspecified atom stereocenters. The third kappa shape index (κ3) is 2.56. The largest absolute Gasteiger partial charge is 0.367 e. The summed E-state index contributed by atoms with van der Waals surface area (Å²) in [5.41, 5.74) is -0.819. The molecule has 21 heavy (non-hydrogen) atoms. The van der Waals surface area contributed by atoms with Gasteiger partial charge in [0.25, 0.3) is 0 Å². The Balaban J connectivity index is 2.01. The van der Waals surface area contributed by atoms with Gasteiger partial charge < -0.3 is 9.53 Å². The van der Waals surface area contributed by atoms with Crippen LogP contribution in [0.4, 0.5) is 8.78 Å². The number of aldehydes is 1. The first-order valence-electron chi connectivity index (χ1n) is 6.50. The zero-order valence-electron chi connectivity index (χ0n) is 11.1. The Morgan fingerprint density at radius 2 is 2.33 bits per heavy atom. The van der Waals surface area contributed by atoms with Crippen molar-refractivity contribution < 1.29 is 18.3 Å². The molecule has 0 N–H and O–H groups in total. The van der Waals surface area contributed by atoms with Gasteiger partial charge in [0.1, 0.15) is 36.2 Å². The number of hydrogen-bond acceptors (Lipinski definition) is 4. The van der Waals surface area contributed by atoms with Crippen LogP contribution in [0.2, 0.25) is 0 Å². The second kappa shape index (κ2) is 5.33. The molecule has 0 radical (unpaired) electrons. The van der Waals surface area contributed by atoms with Crippen LogP contribution in [0.5, 0.6) is 0 Å². The van der Waals surface area contributed by atoms with E-state index < -0.39 is 17.2 Å². The Morgan fingerprint density at radius 3 is 2.95 bits per heavy atom. The van der Waals surface area contributed by atoms with Crippen LogP contribution in [0.3, 0.4) is 0 Å². The predicted molar refractivity (Wildman–Crippen MR) is 68.2 cm³/mol. The van der Waals surface area contributed by atoms with E-state index in [4.69, 9.17) is 4.74 Å². The first-order valence-corrected chi connectivity index (χ1v) is 6.50. The molecule has 1 aliphatic rings. The summed E-state index contributed by atoms with van der Waals surface area (Å²) in [6.07, 6.45) is 3.96. The van der Waals surface area contributed by atoms with Crippen molar-refractivity contribution >= 4 is 6.29 Å². The number of rotatable bonds is 4. The molecule has 110 valence electrons. The molecule has 1 aliphatic heterocycles. The van der Waals surface area contributed by atoms with Gasteiger partial charge in [-0.25, -0.2) is 18.4 Å². The SMILES string of the molecule is O=C[C@@H]1CO[C@@](Cn2cncn2)(c2ccc(F)cc2F)C1. The fraction of sp³-hybridized carbons (Fsp3) is 0.357. The van der Waals surface area contributed by atoms with E-state index in [9.17, 15) is 13.6 Å². The smallest absolute Gasteiger partial charge is 0.137 e. The Bertz CT molecular complexity index is 648. The van der Waals surface area contributed by atoms with Crippen LogP contribution in [-0.4, -0.2) is 27.7 Å². The monoisotopic (exact) mass is 293 g/mol. The lowest BCUT2D eigenvalue weighted by molar-refractivity contribution is -0.111. The van der Waals surface area contributed by atoms with Crippen LogP contribution < -0.4 is 0 Å². The molecule has 0 amide bonds. The summed E-state index contributed by atoms with van der Waals surface area (Å²) < 4.78 is 34.5. The zero-order chi connectivity index (χ0) is 14.9. The Hall–Kier alpha value is -2.15. The summed E-state index contributed by atoms with van der Waals surface area (Å²) >= 11 is 0. The molecule has 1 aromatic carbocycles. The third-order valence-corrected chi connectivity index (χ3v) is 3.66. The van der Waals surface area contributed by atoms with Crippen LogP contribution >= 0.6 is 0 Å². The van der Waals surface area contributed by atoms with Crippen LogP contribution in [0.25, 0.3) is 0 Å². The van der Waals surface area contributed by atoms with E-state index in [-0.39, 0.29) is 24.6 Å². The van der Waals surface area contributed by atoms with Crippen molar-refractivity contribution in [3.63, 3.8) is 0 Å². The molecule has 3 rings (SSSR count). The van der Waals surface area contributed by atoms with Crippen LogP contribution in [0.1, 0.15) is 12.0 Å². The topological polar surface area (TPSA) is 57.0 Å². The van der Waals surface area contributed by atoms with E-state index in [2.05, 4.69) is 10.1 Å². The van der Waals surface area contributed by atoms with Crippen LogP contribution in [0, 0.1) is 17.6 Å². The van der Waals surface area contributed by atoms with Crippen molar-refractivity contribution in [2.45, 2.75) is 18.6 Å². The average Bonchev–Trinajstić information content (AvgIpc) is 3.09. The van der Waals surface area contributed by atoms with Gasteiger partial charge in [-0.15, -0.1) is 0 Å². The van der Waals surface area contributed by atoms with E-state index in [1.807, 2.05) is 0 Å². The molecule has 0 aliphatic carbocycles. The Kier molecular flexibility index (Phi) is 3.50. The summed E-state index contributed by atoms with van der Waals surface area (Å²) in [7, 11) is 0. The average molecular weight is 293 g/mol. The van der Waals surface area contributed by atoms with Crippen molar-refractivity contribution in [3.05, 3.63) is 48.1 Å². The minimum absolute atomic E-state index is 0.203. The van der Waals surface area contributed by atoms with Crippen molar-refractivity contribution in [1.29, 1.82) is 0 Å². The van der Waals surface area contributed by atoms with Crippen molar-refractivity contribution in [2.75, 3.05) is 6.61 Å². The molecule has 2 heterocycles. The molecule has 1 saturated heterocycles. The van der Waals surface area contributed by atoms with Crippen LogP contribution in [0.15, 0.2) is 30.9 Å². The number of halogens is 2. The van der Waals surface area contributed by atoms with E-state index >= 15 is 0 Å². The van der Waals surface area contributed by atoms with Crippen molar-refractivity contribution in [2.24, 2.45) is 5.92 Å². The van der Waals surface area contributed by atoms with Crippen molar-refractivity contribution in [1.82, 2.24) is 14.8 Å². The first kappa shape index (κ1) is 13.8. The number of carbonyl (C=O) groups is 1. The highest BCUT2D eigenvalue weighted by atomic mass is 19.1. The number of ether oxygens (including phenoxy) is 1. The minimum Gasteiger partial charge on any atom is -0.367 e. The molecule has 2 atom stereocenters. The first-order chi connectivity index (χ1) is 10.1. The van der Waals surface area contributed by atoms with E-state index in [1.165, 1.54) is 29.5 Å². The maximum atomic E-state index is 14.2. The predicted octanol–water partition coefficient (Wildman–Crippen LogP) is 1.69. The van der Waals surface area contributed by atoms with Gasteiger partial charge in [0.15, 0.2) is 0 Å². The molecular weight excluding hydrogens is 280 g/mol. The van der Waals surface area contributed by atoms with Crippen molar-refractivity contribution in [3.8, 4) is 0 Å². The highest BCUT2D eigenvalue weighted by Gasteiger charge is 2.44. The second-order valence-electron chi connectivity index (χ2n) is 5.12. The quantitative estimate of drug-likeness (QED) is 0.805. The van der Waals surface area contributed by atoms with Gasteiger partial charge in [-0.3, -0.25) is 0 Å². The molecule has 1 aromatic heterocycles. The fourth-order valence-corrected chi connectivity index (χ4v) is 2.71. The Labute approximate surface area is 119 Å². The van der Waals surface area contributed by atoms with E-state index in [1.54, 1.807) is 0 Å². The van der Waals surface area contributed by atoms with Gasteiger partial charge in [0, 0.05) is 17.5 Å². The summed E-state index contributed by atoms with van der Waals surface area (Å²) in [5, 5.41) is 3.99. The number of aromatic nitrogens is 3. The molecule has 1 fully saturated rings.